The Morgan fingerprint density at radius 2 is 2.18 bits per heavy atom. The maximum absolute atomic E-state index is 12.2. The molecule has 1 aliphatic rings. The van der Waals surface area contributed by atoms with Gasteiger partial charge in [-0.15, -0.1) is 0 Å². The first-order valence-electron chi connectivity index (χ1n) is 7.73. The first-order valence-corrected chi connectivity index (χ1v) is 7.73. The van der Waals surface area contributed by atoms with E-state index in [1.54, 1.807) is 11.0 Å². The molecule has 0 spiro atoms. The van der Waals surface area contributed by atoms with Gasteiger partial charge in [0.25, 0.3) is 0 Å². The lowest BCUT2D eigenvalue weighted by Crippen LogP contribution is -2.47. The van der Waals surface area contributed by atoms with E-state index in [9.17, 15) is 4.79 Å². The summed E-state index contributed by atoms with van der Waals surface area (Å²) in [7, 11) is 0. The normalized spacial score (nSPS) is 19.6. The van der Waals surface area contributed by atoms with Crippen LogP contribution in [0.2, 0.25) is 0 Å². The molecule has 1 aromatic heterocycles. The summed E-state index contributed by atoms with van der Waals surface area (Å²) in [6.07, 6.45) is 6.36. The topological polar surface area (TPSA) is 71.8 Å². The maximum atomic E-state index is 12.2. The van der Waals surface area contributed by atoms with Gasteiger partial charge in [0.15, 0.2) is 0 Å². The molecule has 2 atom stereocenters. The molecule has 0 bridgehead atoms. The molecule has 22 heavy (non-hydrogen) atoms. The van der Waals surface area contributed by atoms with E-state index < -0.39 is 0 Å². The third-order valence-corrected chi connectivity index (χ3v) is 4.06. The zero-order valence-electron chi connectivity index (χ0n) is 12.7. The van der Waals surface area contributed by atoms with Crippen molar-refractivity contribution in [2.24, 2.45) is 0 Å². The van der Waals surface area contributed by atoms with Crippen LogP contribution < -0.4 is 10.6 Å². The second kappa shape index (κ2) is 6.70. The van der Waals surface area contributed by atoms with Gasteiger partial charge >= 0.3 is 0 Å². The molecule has 0 radical (unpaired) electrons. The van der Waals surface area contributed by atoms with E-state index in [0.29, 0.717) is 0 Å². The third kappa shape index (κ3) is 3.33. The van der Waals surface area contributed by atoms with E-state index >= 15 is 0 Å². The van der Waals surface area contributed by atoms with Crippen molar-refractivity contribution in [1.82, 2.24) is 25.4 Å². The van der Waals surface area contributed by atoms with Crippen LogP contribution in [0.5, 0.6) is 0 Å². The van der Waals surface area contributed by atoms with Crippen LogP contribution in [0.15, 0.2) is 36.9 Å². The fourth-order valence-corrected chi connectivity index (χ4v) is 2.73. The molecule has 1 amide bonds. The fraction of sp³-hybridized carbons (Fsp3) is 0.438. The first-order chi connectivity index (χ1) is 10.7. The number of benzene rings is 1. The van der Waals surface area contributed by atoms with Gasteiger partial charge in [-0.1, -0.05) is 18.6 Å². The van der Waals surface area contributed by atoms with Gasteiger partial charge in [-0.2, -0.15) is 5.10 Å². The number of nitrogens with one attached hydrogen (secondary N) is 2. The number of piperidine rings is 1. The highest BCUT2D eigenvalue weighted by molar-refractivity contribution is 5.82. The quantitative estimate of drug-likeness (QED) is 0.899. The molecule has 6 heteroatoms. The number of aromatic nitrogens is 3. The Morgan fingerprint density at radius 1 is 1.36 bits per heavy atom. The van der Waals surface area contributed by atoms with Crippen molar-refractivity contribution in [3.63, 3.8) is 0 Å². The van der Waals surface area contributed by atoms with E-state index in [4.69, 9.17) is 0 Å². The van der Waals surface area contributed by atoms with Crippen LogP contribution in [-0.4, -0.2) is 33.3 Å². The molecule has 2 N–H and O–H groups in total. The lowest BCUT2D eigenvalue weighted by atomic mass is 10.0. The molecule has 2 aromatic rings. The number of hydrogen-bond acceptors (Lipinski definition) is 4. The van der Waals surface area contributed by atoms with Crippen molar-refractivity contribution in [2.75, 3.05) is 6.54 Å². The summed E-state index contributed by atoms with van der Waals surface area (Å²) in [5.74, 6) is 0.0903. The lowest BCUT2D eigenvalue weighted by Gasteiger charge is -2.24. The molecule has 3 rings (SSSR count). The van der Waals surface area contributed by atoms with Crippen molar-refractivity contribution in [2.45, 2.75) is 38.3 Å². The van der Waals surface area contributed by atoms with Crippen molar-refractivity contribution >= 4 is 5.91 Å². The minimum Gasteiger partial charge on any atom is -0.348 e. The van der Waals surface area contributed by atoms with E-state index in [1.165, 1.54) is 6.33 Å². The highest BCUT2D eigenvalue weighted by atomic mass is 16.2. The fourth-order valence-electron chi connectivity index (χ4n) is 2.73. The number of amides is 1. The Labute approximate surface area is 129 Å². The van der Waals surface area contributed by atoms with E-state index in [1.807, 2.05) is 31.2 Å². The maximum Gasteiger partial charge on any atom is 0.237 e. The van der Waals surface area contributed by atoms with Crippen molar-refractivity contribution < 1.29 is 4.79 Å². The Bertz CT molecular complexity index is 602. The number of hydrogen-bond donors (Lipinski definition) is 2. The third-order valence-electron chi connectivity index (χ3n) is 4.06. The highest BCUT2D eigenvalue weighted by Gasteiger charge is 2.21. The summed E-state index contributed by atoms with van der Waals surface area (Å²) in [5, 5.41) is 10.5. The molecule has 1 aliphatic heterocycles. The smallest absolute Gasteiger partial charge is 0.237 e. The predicted molar refractivity (Wildman–Crippen MR) is 83.6 cm³/mol. The summed E-state index contributed by atoms with van der Waals surface area (Å²) in [6.45, 7) is 2.93. The van der Waals surface area contributed by atoms with Crippen molar-refractivity contribution in [3.8, 4) is 5.69 Å². The standard InChI is InChI=1S/C16H21N5O/c1-12(20-16(22)15-4-2-3-9-18-15)13-5-7-14(8-6-13)21-11-17-10-19-21/h5-8,10-12,15,18H,2-4,9H2,1H3,(H,20,22). The SMILES string of the molecule is CC(NC(=O)C1CCCCN1)c1ccc(-n2cncn2)cc1. The van der Waals surface area contributed by atoms with E-state index in [-0.39, 0.29) is 18.0 Å². The van der Waals surface area contributed by atoms with Crippen LogP contribution >= 0.6 is 0 Å². The van der Waals surface area contributed by atoms with Crippen LogP contribution in [0, 0.1) is 0 Å². The summed E-state index contributed by atoms with van der Waals surface area (Å²) in [6, 6.07) is 7.91. The Kier molecular flexibility index (Phi) is 4.48. The van der Waals surface area contributed by atoms with Crippen LogP contribution in [0.1, 0.15) is 37.8 Å². The van der Waals surface area contributed by atoms with Gasteiger partial charge in [-0.3, -0.25) is 4.79 Å². The summed E-state index contributed by atoms with van der Waals surface area (Å²) in [4.78, 5) is 16.2. The van der Waals surface area contributed by atoms with Crippen LogP contribution in [0.25, 0.3) is 5.69 Å². The van der Waals surface area contributed by atoms with Gasteiger partial charge in [0.1, 0.15) is 12.7 Å². The second-order valence-corrected chi connectivity index (χ2v) is 5.66. The molecule has 1 fully saturated rings. The summed E-state index contributed by atoms with van der Waals surface area (Å²) < 4.78 is 1.71. The van der Waals surface area contributed by atoms with Gasteiger partial charge in [-0.25, -0.2) is 9.67 Å². The van der Waals surface area contributed by atoms with Crippen LogP contribution in [-0.2, 0) is 4.79 Å². The minimum absolute atomic E-state index is 0.0129. The van der Waals surface area contributed by atoms with Gasteiger partial charge in [0.2, 0.25) is 5.91 Å². The van der Waals surface area contributed by atoms with Crippen molar-refractivity contribution in [3.05, 3.63) is 42.5 Å². The van der Waals surface area contributed by atoms with Gasteiger partial charge in [0, 0.05) is 0 Å². The molecule has 1 aromatic carbocycles. The van der Waals surface area contributed by atoms with Gasteiger partial charge in [-0.05, 0) is 44.0 Å². The lowest BCUT2D eigenvalue weighted by molar-refractivity contribution is -0.124. The number of rotatable bonds is 4. The summed E-state index contributed by atoms with van der Waals surface area (Å²) >= 11 is 0. The molecular formula is C16H21N5O. The highest BCUT2D eigenvalue weighted by Crippen LogP contribution is 2.16. The zero-order valence-corrected chi connectivity index (χ0v) is 12.7. The van der Waals surface area contributed by atoms with Gasteiger partial charge in [0.05, 0.1) is 17.8 Å². The molecule has 0 aliphatic carbocycles. The van der Waals surface area contributed by atoms with Crippen LogP contribution in [0.4, 0.5) is 0 Å². The number of nitrogens with zero attached hydrogens (tertiary/aromatic N) is 3. The first kappa shape index (κ1) is 14.7. The largest absolute Gasteiger partial charge is 0.348 e. The average molecular weight is 299 g/mol. The molecule has 2 heterocycles. The minimum atomic E-state index is -0.0504. The second-order valence-electron chi connectivity index (χ2n) is 5.66. The van der Waals surface area contributed by atoms with Crippen LogP contribution in [0.3, 0.4) is 0 Å². The van der Waals surface area contributed by atoms with Crippen molar-refractivity contribution in [1.29, 1.82) is 0 Å². The predicted octanol–water partition coefficient (Wildman–Crippen LogP) is 1.59. The number of carbonyl (C=O) groups is 1. The molecule has 0 saturated carbocycles. The Hall–Kier alpha value is -2.21. The molecule has 116 valence electrons. The average Bonchev–Trinajstić information content (AvgIpc) is 3.10. The van der Waals surface area contributed by atoms with E-state index in [2.05, 4.69) is 20.7 Å². The zero-order chi connectivity index (χ0) is 15.4. The molecular weight excluding hydrogens is 278 g/mol. The summed E-state index contributed by atoms with van der Waals surface area (Å²) in [5.41, 5.74) is 2.03. The Balaban J connectivity index is 1.62. The molecule has 1 saturated heterocycles. The van der Waals surface area contributed by atoms with Gasteiger partial charge < -0.3 is 10.6 Å². The number of carbonyl (C=O) groups excluding carboxylic acids is 1. The molecule has 6 nitrogen and oxygen atoms in total. The Morgan fingerprint density at radius 3 is 2.82 bits per heavy atom. The molecule has 2 unspecified atom stereocenters. The monoisotopic (exact) mass is 299 g/mol. The van der Waals surface area contributed by atoms with E-state index in [0.717, 1.165) is 37.1 Å².